The summed E-state index contributed by atoms with van der Waals surface area (Å²) in [6.07, 6.45) is 1.83. The van der Waals surface area contributed by atoms with Crippen LogP contribution in [-0.2, 0) is 9.53 Å². The number of ether oxygens (including phenoxy) is 1. The highest BCUT2D eigenvalue weighted by Gasteiger charge is 2.26. The van der Waals surface area contributed by atoms with Gasteiger partial charge in [-0.3, -0.25) is 4.79 Å². The van der Waals surface area contributed by atoms with Crippen LogP contribution in [0.5, 0.6) is 0 Å². The molecule has 25 heavy (non-hydrogen) atoms. The topological polar surface area (TPSA) is 91.5 Å². The lowest BCUT2D eigenvalue weighted by Crippen LogP contribution is -2.53. The average molecular weight is 467 g/mol. The summed E-state index contributed by atoms with van der Waals surface area (Å²) in [5.74, 6) is 0.397. The molecule has 2 amide bonds. The first-order chi connectivity index (χ1) is 11.3. The van der Waals surface area contributed by atoms with E-state index in [2.05, 4.69) is 4.99 Å². The third-order valence-corrected chi connectivity index (χ3v) is 4.09. The van der Waals surface area contributed by atoms with Crippen LogP contribution in [0.3, 0.4) is 0 Å². The van der Waals surface area contributed by atoms with Gasteiger partial charge in [0.05, 0.1) is 0 Å². The Morgan fingerprint density at radius 2 is 1.48 bits per heavy atom. The third kappa shape index (κ3) is 6.87. The van der Waals surface area contributed by atoms with Gasteiger partial charge in [-0.25, -0.2) is 9.79 Å². The van der Waals surface area contributed by atoms with Gasteiger partial charge in [0, 0.05) is 39.3 Å². The molecule has 2 saturated heterocycles. The largest absolute Gasteiger partial charge is 0.444 e. The van der Waals surface area contributed by atoms with Crippen molar-refractivity contribution in [3.63, 3.8) is 0 Å². The first kappa shape index (κ1) is 21.8. The predicted octanol–water partition coefficient (Wildman–Crippen LogP) is 1.09. The molecule has 8 nitrogen and oxygen atoms in total. The molecular formula is C16H30IN5O3. The molecule has 0 aromatic rings. The zero-order valence-corrected chi connectivity index (χ0v) is 17.7. The van der Waals surface area contributed by atoms with Gasteiger partial charge in [-0.15, -0.1) is 24.0 Å². The number of halogens is 1. The standard InChI is InChI=1S/C16H29N5O3.HI/c1-16(2,3)24-15(23)21-10-8-20(9-11-21)14(17)18-12-13(22)19-6-4-5-7-19;/h4-12H2,1-3H3,(H2,17,18);1H. The maximum atomic E-state index is 12.0. The molecule has 0 unspecified atom stereocenters. The number of nitrogens with two attached hydrogens (primary N) is 1. The van der Waals surface area contributed by atoms with E-state index in [9.17, 15) is 9.59 Å². The Labute approximate surface area is 166 Å². The minimum atomic E-state index is -0.495. The van der Waals surface area contributed by atoms with Crippen molar-refractivity contribution >= 4 is 41.9 Å². The van der Waals surface area contributed by atoms with Crippen LogP contribution in [0.2, 0.25) is 0 Å². The van der Waals surface area contributed by atoms with E-state index in [1.54, 1.807) is 4.90 Å². The Bertz CT molecular complexity index is 492. The van der Waals surface area contributed by atoms with E-state index in [4.69, 9.17) is 10.5 Å². The molecular weight excluding hydrogens is 437 g/mol. The lowest BCUT2D eigenvalue weighted by atomic mass is 10.2. The molecule has 2 aliphatic heterocycles. The van der Waals surface area contributed by atoms with Crippen molar-refractivity contribution in [2.75, 3.05) is 45.8 Å². The summed E-state index contributed by atoms with van der Waals surface area (Å²) in [7, 11) is 0. The Kier molecular flexibility index (Phi) is 8.23. The molecule has 0 bridgehead atoms. The van der Waals surface area contributed by atoms with E-state index in [1.165, 1.54) is 0 Å². The fraction of sp³-hybridized carbons (Fsp3) is 0.812. The molecule has 0 radical (unpaired) electrons. The number of piperazine rings is 1. The second-order valence-corrected chi connectivity index (χ2v) is 7.22. The molecule has 2 heterocycles. The van der Waals surface area contributed by atoms with Gasteiger partial charge in [-0.2, -0.15) is 0 Å². The molecule has 2 fully saturated rings. The molecule has 0 aromatic carbocycles. The maximum Gasteiger partial charge on any atom is 0.410 e. The van der Waals surface area contributed by atoms with E-state index >= 15 is 0 Å². The number of rotatable bonds is 2. The average Bonchev–Trinajstić information content (AvgIpc) is 3.05. The summed E-state index contributed by atoms with van der Waals surface area (Å²) in [5.41, 5.74) is 5.49. The third-order valence-electron chi connectivity index (χ3n) is 4.09. The fourth-order valence-electron chi connectivity index (χ4n) is 2.76. The molecule has 144 valence electrons. The van der Waals surface area contributed by atoms with Crippen LogP contribution in [0.15, 0.2) is 4.99 Å². The second-order valence-electron chi connectivity index (χ2n) is 7.22. The number of aliphatic imine (C=N–C) groups is 1. The van der Waals surface area contributed by atoms with Crippen LogP contribution in [0.1, 0.15) is 33.6 Å². The van der Waals surface area contributed by atoms with Crippen LogP contribution in [-0.4, -0.2) is 84.1 Å². The van der Waals surface area contributed by atoms with Crippen LogP contribution < -0.4 is 5.73 Å². The molecule has 2 rings (SSSR count). The molecule has 0 aromatic heterocycles. The van der Waals surface area contributed by atoms with Gasteiger partial charge in [0.25, 0.3) is 0 Å². The van der Waals surface area contributed by atoms with E-state index in [-0.39, 0.29) is 42.5 Å². The highest BCUT2D eigenvalue weighted by atomic mass is 127. The minimum absolute atomic E-state index is 0. The summed E-state index contributed by atoms with van der Waals surface area (Å²) in [6.45, 7) is 9.54. The number of guanidine groups is 1. The van der Waals surface area contributed by atoms with Crippen LogP contribution >= 0.6 is 24.0 Å². The van der Waals surface area contributed by atoms with Crippen molar-refractivity contribution in [2.24, 2.45) is 10.7 Å². The van der Waals surface area contributed by atoms with Crippen molar-refractivity contribution in [2.45, 2.75) is 39.2 Å². The number of hydrogen-bond acceptors (Lipinski definition) is 4. The van der Waals surface area contributed by atoms with Crippen LogP contribution in [0.25, 0.3) is 0 Å². The zero-order chi connectivity index (χ0) is 17.7. The number of amides is 2. The first-order valence-corrected chi connectivity index (χ1v) is 8.57. The summed E-state index contributed by atoms with van der Waals surface area (Å²) >= 11 is 0. The Hall–Kier alpha value is -1.26. The van der Waals surface area contributed by atoms with Gasteiger partial charge in [0.1, 0.15) is 12.1 Å². The first-order valence-electron chi connectivity index (χ1n) is 8.57. The van der Waals surface area contributed by atoms with Crippen molar-refractivity contribution in [1.29, 1.82) is 0 Å². The smallest absolute Gasteiger partial charge is 0.410 e. The SMILES string of the molecule is CC(C)(C)OC(=O)N1CCN(C(N)=NCC(=O)N2CCCC2)CC1.I. The van der Waals surface area contributed by atoms with E-state index in [0.717, 1.165) is 25.9 Å². The van der Waals surface area contributed by atoms with Gasteiger partial charge in [-0.1, -0.05) is 0 Å². The summed E-state index contributed by atoms with van der Waals surface area (Å²) in [5, 5.41) is 0. The lowest BCUT2D eigenvalue weighted by Gasteiger charge is -2.36. The normalized spacial score (nSPS) is 18.8. The van der Waals surface area contributed by atoms with Gasteiger partial charge < -0.3 is 25.2 Å². The van der Waals surface area contributed by atoms with Gasteiger partial charge in [0.2, 0.25) is 5.91 Å². The van der Waals surface area contributed by atoms with Crippen LogP contribution in [0, 0.1) is 0 Å². The van der Waals surface area contributed by atoms with Gasteiger partial charge >= 0.3 is 6.09 Å². The molecule has 2 N–H and O–H groups in total. The second kappa shape index (κ2) is 9.44. The van der Waals surface area contributed by atoms with Crippen molar-refractivity contribution in [3.05, 3.63) is 0 Å². The van der Waals surface area contributed by atoms with E-state index in [0.29, 0.717) is 32.1 Å². The highest BCUT2D eigenvalue weighted by Crippen LogP contribution is 2.12. The molecule has 0 spiro atoms. The maximum absolute atomic E-state index is 12.0. The fourth-order valence-corrected chi connectivity index (χ4v) is 2.76. The van der Waals surface area contributed by atoms with Crippen molar-refractivity contribution < 1.29 is 14.3 Å². The number of hydrogen-bond donors (Lipinski definition) is 1. The summed E-state index contributed by atoms with van der Waals surface area (Å²) in [6, 6.07) is 0. The molecule has 9 heteroatoms. The molecule has 0 saturated carbocycles. The number of likely N-dealkylation sites (tertiary alicyclic amines) is 1. The van der Waals surface area contributed by atoms with Crippen molar-refractivity contribution in [3.8, 4) is 0 Å². The van der Waals surface area contributed by atoms with E-state index < -0.39 is 5.60 Å². The zero-order valence-electron chi connectivity index (χ0n) is 15.4. The monoisotopic (exact) mass is 467 g/mol. The number of nitrogens with zero attached hydrogens (tertiary/aromatic N) is 4. The Morgan fingerprint density at radius 3 is 2.00 bits per heavy atom. The molecule has 0 atom stereocenters. The summed E-state index contributed by atoms with van der Waals surface area (Å²) in [4.78, 5) is 33.6. The van der Waals surface area contributed by atoms with Gasteiger partial charge in [0.15, 0.2) is 5.96 Å². The molecule has 0 aliphatic carbocycles. The van der Waals surface area contributed by atoms with Crippen LogP contribution in [0.4, 0.5) is 4.79 Å². The van der Waals surface area contributed by atoms with Crippen molar-refractivity contribution in [1.82, 2.24) is 14.7 Å². The van der Waals surface area contributed by atoms with Gasteiger partial charge in [-0.05, 0) is 33.6 Å². The number of carbonyl (C=O) groups excluding carboxylic acids is 2. The summed E-state index contributed by atoms with van der Waals surface area (Å²) < 4.78 is 5.37. The quantitative estimate of drug-likeness (QED) is 0.373. The Morgan fingerprint density at radius 1 is 0.960 bits per heavy atom. The Balaban J connectivity index is 0.00000312. The number of carbonyl (C=O) groups is 2. The minimum Gasteiger partial charge on any atom is -0.444 e. The lowest BCUT2D eigenvalue weighted by molar-refractivity contribution is -0.128. The van der Waals surface area contributed by atoms with E-state index in [1.807, 2.05) is 30.6 Å². The predicted molar refractivity (Wildman–Crippen MR) is 107 cm³/mol. The molecule has 2 aliphatic rings. The highest BCUT2D eigenvalue weighted by molar-refractivity contribution is 14.0.